The van der Waals surface area contributed by atoms with Gasteiger partial charge in [0, 0.05) is 47.3 Å². The van der Waals surface area contributed by atoms with Crippen molar-refractivity contribution >= 4 is 51.3 Å². The number of methoxy groups -OCH3 is 1. The molecule has 2 aromatic heterocycles. The van der Waals surface area contributed by atoms with Crippen LogP contribution in [0.4, 0.5) is 10.1 Å². The normalized spacial score (nSPS) is 18.0. The number of hydrogen-bond acceptors (Lipinski definition) is 6. The summed E-state index contributed by atoms with van der Waals surface area (Å²) in [5.74, 6) is 0.131. The molecule has 4 aromatic rings. The molecule has 1 saturated heterocycles. The van der Waals surface area contributed by atoms with E-state index in [1.807, 2.05) is 18.2 Å². The average Bonchev–Trinajstić information content (AvgIpc) is 3.70. The molecule has 210 valence electrons. The van der Waals surface area contributed by atoms with E-state index < -0.39 is 11.8 Å². The second-order valence-electron chi connectivity index (χ2n) is 11.2. The van der Waals surface area contributed by atoms with Crippen molar-refractivity contribution in [1.29, 1.82) is 0 Å². The molecule has 0 amide bonds. The lowest BCUT2D eigenvalue weighted by atomic mass is 9.63. The number of carbonyl (C=O) groups is 1. The highest BCUT2D eigenvalue weighted by atomic mass is 35.5. The average molecular weight is 594 g/mol. The van der Waals surface area contributed by atoms with Gasteiger partial charge in [0.25, 0.3) is 0 Å². The van der Waals surface area contributed by atoms with Gasteiger partial charge in [-0.3, -0.25) is 0 Å². The molecule has 0 unspecified atom stereocenters. The molecule has 0 atom stereocenters. The number of halogens is 3. The van der Waals surface area contributed by atoms with Gasteiger partial charge in [-0.2, -0.15) is 0 Å². The number of carboxylic acids is 1. The number of aromatic nitrogens is 2. The van der Waals surface area contributed by atoms with Crippen LogP contribution in [0, 0.1) is 11.2 Å². The van der Waals surface area contributed by atoms with Crippen LogP contribution in [0.2, 0.25) is 10.0 Å². The number of hydrogen-bond donors (Lipinski definition) is 1. The van der Waals surface area contributed by atoms with E-state index in [2.05, 4.69) is 21.1 Å². The largest absolute Gasteiger partial charge is 0.496 e. The van der Waals surface area contributed by atoms with E-state index in [1.165, 1.54) is 30.9 Å². The van der Waals surface area contributed by atoms with Crippen molar-refractivity contribution in [2.24, 2.45) is 5.41 Å². The predicted molar refractivity (Wildman–Crippen MR) is 156 cm³/mol. The summed E-state index contributed by atoms with van der Waals surface area (Å²) in [6, 6.07) is 9.84. The first-order valence-electron chi connectivity index (χ1n) is 13.6. The zero-order valence-electron chi connectivity index (χ0n) is 22.2. The molecule has 3 heterocycles. The third-order valence-electron chi connectivity index (χ3n) is 8.57. The molecule has 10 heteroatoms. The summed E-state index contributed by atoms with van der Waals surface area (Å²) < 4.78 is 25.2. The number of pyridine rings is 1. The van der Waals surface area contributed by atoms with Crippen molar-refractivity contribution in [2.45, 2.75) is 38.0 Å². The molecule has 41 heavy (non-hydrogen) atoms. The molecule has 2 fully saturated rings. The molecular formula is C31H26Cl2FN3O4. The first-order chi connectivity index (χ1) is 19.7. The first-order valence-corrected chi connectivity index (χ1v) is 14.3. The lowest BCUT2D eigenvalue weighted by molar-refractivity contribution is 0.0690. The maximum absolute atomic E-state index is 13.9. The summed E-state index contributed by atoms with van der Waals surface area (Å²) in [5.41, 5.74) is 4.93. The number of ether oxygens (including phenoxy) is 1. The second kappa shape index (κ2) is 9.74. The Morgan fingerprint density at radius 3 is 2.46 bits per heavy atom. The SMILES string of the molecule is COc1cc(C(=O)O)nc2ccc(N3CCC4(C=C(c5c(-c6c(Cl)cc(F)cc6Cl)noc5C5CC5)C4)CC3)cc12. The maximum atomic E-state index is 13.9. The van der Waals surface area contributed by atoms with E-state index in [4.69, 9.17) is 32.5 Å². The van der Waals surface area contributed by atoms with E-state index in [0.717, 1.165) is 67.6 Å². The molecule has 3 aliphatic rings. The van der Waals surface area contributed by atoms with Gasteiger partial charge < -0.3 is 19.3 Å². The summed E-state index contributed by atoms with van der Waals surface area (Å²) in [6.07, 6.45) is 7.35. The number of fused-ring (bicyclic) bond motifs is 1. The summed E-state index contributed by atoms with van der Waals surface area (Å²) in [5, 5.41) is 15.0. The van der Waals surface area contributed by atoms with Gasteiger partial charge in [0.1, 0.15) is 23.0 Å². The molecule has 1 aliphatic heterocycles. The minimum Gasteiger partial charge on any atom is -0.496 e. The Bertz CT molecular complexity index is 1730. The van der Waals surface area contributed by atoms with Crippen molar-refractivity contribution in [3.63, 3.8) is 0 Å². The highest BCUT2D eigenvalue weighted by Gasteiger charge is 2.44. The smallest absolute Gasteiger partial charge is 0.354 e. The number of piperidine rings is 1. The number of carboxylic acid groups (broad SMARTS) is 1. The Morgan fingerprint density at radius 2 is 1.83 bits per heavy atom. The lowest BCUT2D eigenvalue weighted by Crippen LogP contribution is -2.42. The lowest BCUT2D eigenvalue weighted by Gasteiger charge is -2.47. The predicted octanol–water partition coefficient (Wildman–Crippen LogP) is 7.99. The van der Waals surface area contributed by atoms with Crippen molar-refractivity contribution in [2.75, 3.05) is 25.1 Å². The Hall–Kier alpha value is -3.62. The van der Waals surface area contributed by atoms with Crippen LogP contribution in [0.3, 0.4) is 0 Å². The third kappa shape index (κ3) is 4.53. The topological polar surface area (TPSA) is 88.7 Å². The summed E-state index contributed by atoms with van der Waals surface area (Å²) in [6.45, 7) is 1.75. The zero-order chi connectivity index (χ0) is 28.5. The minimum absolute atomic E-state index is 0.0422. The summed E-state index contributed by atoms with van der Waals surface area (Å²) >= 11 is 12.9. The molecular weight excluding hydrogens is 568 g/mol. The van der Waals surface area contributed by atoms with Gasteiger partial charge in [0.15, 0.2) is 5.69 Å². The molecule has 2 aliphatic carbocycles. The van der Waals surface area contributed by atoms with Gasteiger partial charge in [-0.1, -0.05) is 34.4 Å². The molecule has 2 aromatic carbocycles. The van der Waals surface area contributed by atoms with Crippen LogP contribution >= 0.6 is 23.2 Å². The van der Waals surface area contributed by atoms with E-state index in [0.29, 0.717) is 28.4 Å². The Labute approximate surface area is 245 Å². The van der Waals surface area contributed by atoms with Crippen molar-refractivity contribution < 1.29 is 23.6 Å². The molecule has 7 nitrogen and oxygen atoms in total. The van der Waals surface area contributed by atoms with E-state index in [9.17, 15) is 14.3 Å². The van der Waals surface area contributed by atoms with Crippen LogP contribution in [0.5, 0.6) is 5.75 Å². The van der Waals surface area contributed by atoms with Gasteiger partial charge in [0.05, 0.1) is 22.7 Å². The first kappa shape index (κ1) is 26.3. The molecule has 1 N–H and O–H groups in total. The van der Waals surface area contributed by atoms with Gasteiger partial charge >= 0.3 is 5.97 Å². The summed E-state index contributed by atoms with van der Waals surface area (Å²) in [7, 11) is 1.53. The van der Waals surface area contributed by atoms with Gasteiger partial charge in [-0.25, -0.2) is 14.2 Å². The van der Waals surface area contributed by atoms with Crippen molar-refractivity contribution in [1.82, 2.24) is 10.1 Å². The quantitative estimate of drug-likeness (QED) is 0.242. The monoisotopic (exact) mass is 593 g/mol. The molecule has 0 bridgehead atoms. The minimum atomic E-state index is -1.09. The van der Waals surface area contributed by atoms with Gasteiger partial charge in [-0.05, 0) is 73.4 Å². The molecule has 7 rings (SSSR count). The van der Waals surface area contributed by atoms with E-state index in [1.54, 1.807) is 0 Å². The number of allylic oxidation sites excluding steroid dienone is 2. The Morgan fingerprint density at radius 1 is 1.12 bits per heavy atom. The van der Waals surface area contributed by atoms with Gasteiger partial charge in [0.2, 0.25) is 0 Å². The molecule has 0 radical (unpaired) electrons. The maximum Gasteiger partial charge on any atom is 0.354 e. The summed E-state index contributed by atoms with van der Waals surface area (Å²) in [4.78, 5) is 18.1. The van der Waals surface area contributed by atoms with Crippen LogP contribution in [-0.4, -0.2) is 41.4 Å². The van der Waals surface area contributed by atoms with E-state index in [-0.39, 0.29) is 21.2 Å². The van der Waals surface area contributed by atoms with Crippen LogP contribution in [-0.2, 0) is 0 Å². The number of aromatic carboxylic acids is 1. The number of anilines is 1. The third-order valence-corrected chi connectivity index (χ3v) is 9.17. The zero-order valence-corrected chi connectivity index (χ0v) is 23.7. The Kier molecular flexibility index (Phi) is 6.24. The fourth-order valence-corrected chi connectivity index (χ4v) is 6.89. The number of nitrogens with zero attached hydrogens (tertiary/aromatic N) is 3. The van der Waals surface area contributed by atoms with Crippen LogP contribution < -0.4 is 9.64 Å². The van der Waals surface area contributed by atoms with Crippen LogP contribution in [0.15, 0.2) is 47.0 Å². The fourth-order valence-electron chi connectivity index (χ4n) is 6.25. The number of rotatable bonds is 6. The second-order valence-corrected chi connectivity index (χ2v) is 12.0. The Balaban J connectivity index is 1.14. The number of benzene rings is 2. The van der Waals surface area contributed by atoms with Crippen molar-refractivity contribution in [3.8, 4) is 17.0 Å². The highest BCUT2D eigenvalue weighted by Crippen LogP contribution is 2.56. The molecule has 1 saturated carbocycles. The van der Waals surface area contributed by atoms with Gasteiger partial charge in [-0.15, -0.1) is 0 Å². The standard InChI is InChI=1S/C31H26Cl2FN3O4/c1-40-25-13-24(30(38)39)35-23-5-4-19(12-20(23)25)37-8-6-31(7-9-37)14-17(15-31)26-28(36-41-29(26)16-2-3-16)27-21(32)10-18(34)11-22(27)33/h4-5,10-14,16H,2-3,6-9,15H2,1H3,(H,38,39). The van der Waals surface area contributed by atoms with Crippen LogP contribution in [0.25, 0.3) is 27.7 Å². The van der Waals surface area contributed by atoms with Crippen LogP contribution in [0.1, 0.15) is 59.8 Å². The fraction of sp³-hybridized carbons (Fsp3) is 0.323. The van der Waals surface area contributed by atoms with Crippen molar-refractivity contribution in [3.05, 3.63) is 75.4 Å². The highest BCUT2D eigenvalue weighted by molar-refractivity contribution is 6.39. The van der Waals surface area contributed by atoms with E-state index >= 15 is 0 Å². The molecule has 1 spiro atoms.